The molecule has 4 rings (SSSR count). The zero-order valence-electron chi connectivity index (χ0n) is 32.1. The maximum atomic E-state index is 12.8. The smallest absolute Gasteiger partial charge is 0.302 e. The Morgan fingerprint density at radius 1 is 1.08 bits per heavy atom. The maximum Gasteiger partial charge on any atom is 0.302 e. The van der Waals surface area contributed by atoms with Crippen molar-refractivity contribution in [1.29, 1.82) is 5.26 Å². The van der Waals surface area contributed by atoms with Crippen LogP contribution in [0.3, 0.4) is 0 Å². The van der Waals surface area contributed by atoms with Crippen molar-refractivity contribution in [2.24, 2.45) is 5.92 Å². The fraction of sp³-hybridized carbons (Fsp3) is 0.684. The second-order valence-corrected chi connectivity index (χ2v) is 12.6. The standard InChI is InChI=1S/C17H32N2O.C9H10F2.C5H8N2.C4H8O2.3CH2O/c1-5-7-15(8-6-2)18-10-9-16(18)17(20)19-12-13(3)11-14(19)4;1-7-4-3-5-8(6-7)9(2,10)11;1-7-5(4-6)2-3-5;1-3-6-4(2)5;3*1-2/h13-16H,5-12H2,1-4H3;3-6H,1-2H3;7H,2-3H2,1H3;3H2,1-2H3;3*1H2/t13-,14?,16?;;;;;;/m1....../s1. The molecule has 3 aliphatic rings. The Kier molecular flexibility index (Phi) is 28.6. The van der Waals surface area contributed by atoms with Crippen molar-refractivity contribution in [3.63, 3.8) is 0 Å². The van der Waals surface area contributed by atoms with E-state index in [2.05, 4.69) is 53.6 Å². The Balaban J connectivity index is -0.000000621. The van der Waals surface area contributed by atoms with E-state index in [-0.39, 0.29) is 23.1 Å². The van der Waals surface area contributed by atoms with Crippen LogP contribution in [0.1, 0.15) is 111 Å². The van der Waals surface area contributed by atoms with Gasteiger partial charge in [-0.25, -0.2) is 8.78 Å². The summed E-state index contributed by atoms with van der Waals surface area (Å²) in [4.78, 5) is 51.3. The van der Waals surface area contributed by atoms with E-state index >= 15 is 0 Å². The minimum Gasteiger partial charge on any atom is -0.466 e. The Morgan fingerprint density at radius 2 is 1.62 bits per heavy atom. The van der Waals surface area contributed by atoms with Gasteiger partial charge in [-0.15, -0.1) is 0 Å². The number of esters is 1. The number of nitrogens with zero attached hydrogens (tertiary/aromatic N) is 3. The van der Waals surface area contributed by atoms with Crippen molar-refractivity contribution in [2.45, 2.75) is 136 Å². The van der Waals surface area contributed by atoms with Crippen LogP contribution in [0.15, 0.2) is 24.3 Å². The van der Waals surface area contributed by atoms with Crippen molar-refractivity contribution >= 4 is 32.2 Å². The lowest BCUT2D eigenvalue weighted by atomic mass is 9.93. The van der Waals surface area contributed by atoms with Crippen LogP contribution in [0.4, 0.5) is 8.78 Å². The number of rotatable bonds is 9. The highest BCUT2D eigenvalue weighted by molar-refractivity contribution is 5.83. The number of ether oxygens (including phenoxy) is 1. The van der Waals surface area contributed by atoms with Gasteiger partial charge in [0.05, 0.1) is 18.7 Å². The molecule has 2 aliphatic heterocycles. The number of carbonyl (C=O) groups is 5. The summed E-state index contributed by atoms with van der Waals surface area (Å²) in [5.74, 6) is -1.85. The fourth-order valence-electron chi connectivity index (χ4n) is 5.71. The highest BCUT2D eigenvalue weighted by Crippen LogP contribution is 2.33. The molecule has 0 spiro atoms. The van der Waals surface area contributed by atoms with E-state index in [1.165, 1.54) is 51.2 Å². The molecule has 1 N–H and O–H groups in total. The summed E-state index contributed by atoms with van der Waals surface area (Å²) >= 11 is 0. The Hall–Kier alpha value is -3.56. The number of amides is 1. The zero-order valence-corrected chi connectivity index (χ0v) is 32.1. The predicted octanol–water partition coefficient (Wildman–Crippen LogP) is 6.67. The highest BCUT2D eigenvalue weighted by atomic mass is 19.3. The van der Waals surface area contributed by atoms with Crippen LogP contribution >= 0.6 is 0 Å². The second-order valence-electron chi connectivity index (χ2n) is 12.6. The summed E-state index contributed by atoms with van der Waals surface area (Å²) in [6, 6.07) is 9.82. The van der Waals surface area contributed by atoms with Gasteiger partial charge in [-0.05, 0) is 72.3 Å². The molecule has 0 bridgehead atoms. The molecule has 3 fully saturated rings. The third kappa shape index (κ3) is 19.6. The van der Waals surface area contributed by atoms with Crippen molar-refractivity contribution < 1.29 is 37.5 Å². The highest BCUT2D eigenvalue weighted by Gasteiger charge is 2.43. The van der Waals surface area contributed by atoms with Crippen LogP contribution in [-0.4, -0.2) is 92.5 Å². The van der Waals surface area contributed by atoms with Crippen LogP contribution in [0.2, 0.25) is 0 Å². The van der Waals surface area contributed by atoms with Crippen LogP contribution in [0.5, 0.6) is 0 Å². The van der Waals surface area contributed by atoms with E-state index in [1.807, 2.05) is 27.4 Å². The number of nitriles is 1. The molecule has 1 aromatic rings. The molecule has 286 valence electrons. The molecule has 1 amide bonds. The first-order chi connectivity index (χ1) is 23.7. The predicted molar refractivity (Wildman–Crippen MR) is 195 cm³/mol. The Bertz CT molecular complexity index is 1100. The molecule has 3 atom stereocenters. The molecule has 10 nitrogen and oxygen atoms in total. The average molecular weight is 711 g/mol. The van der Waals surface area contributed by atoms with E-state index < -0.39 is 5.92 Å². The third-order valence-corrected chi connectivity index (χ3v) is 8.44. The molecule has 1 aliphatic carbocycles. The molecular weight excluding hydrogens is 646 g/mol. The lowest BCUT2D eigenvalue weighted by Crippen LogP contribution is -2.60. The number of carbonyl (C=O) groups excluding carboxylic acids is 5. The molecule has 50 heavy (non-hydrogen) atoms. The normalized spacial score (nSPS) is 19.3. The van der Waals surface area contributed by atoms with Gasteiger partial charge >= 0.3 is 5.97 Å². The SMILES string of the molecule is C=O.C=O.C=O.CCCC(CCC)N1CCC1C(=O)N1C[C@H](C)CC1C.CCOC(C)=O.CNC1(C#N)CC1.Cc1cccc(C(C)(F)F)c1. The summed E-state index contributed by atoms with van der Waals surface area (Å²) in [6.07, 6.45) is 9.22. The summed E-state index contributed by atoms with van der Waals surface area (Å²) in [6.45, 7) is 23.4. The number of aryl methyl sites for hydroxylation is 1. The molecule has 0 radical (unpaired) electrons. The Labute approximate surface area is 300 Å². The van der Waals surface area contributed by atoms with E-state index in [4.69, 9.17) is 19.6 Å². The molecule has 1 saturated carbocycles. The number of halogens is 2. The summed E-state index contributed by atoms with van der Waals surface area (Å²) in [5, 5.41) is 11.3. The van der Waals surface area contributed by atoms with Gasteiger partial charge < -0.3 is 29.3 Å². The van der Waals surface area contributed by atoms with Gasteiger partial charge in [-0.2, -0.15) is 5.26 Å². The minimum absolute atomic E-state index is 0.0810. The molecule has 2 saturated heterocycles. The van der Waals surface area contributed by atoms with Gasteiger partial charge in [-0.1, -0.05) is 63.4 Å². The number of likely N-dealkylation sites (tertiary alicyclic amines) is 2. The van der Waals surface area contributed by atoms with Crippen LogP contribution < -0.4 is 5.32 Å². The first-order valence-corrected chi connectivity index (χ1v) is 17.3. The minimum atomic E-state index is -2.72. The molecule has 0 aromatic heterocycles. The number of hydrogen-bond acceptors (Lipinski definition) is 9. The first-order valence-electron chi connectivity index (χ1n) is 17.3. The Morgan fingerprint density at radius 3 is 1.86 bits per heavy atom. The van der Waals surface area contributed by atoms with Crippen molar-refractivity contribution in [3.05, 3.63) is 35.4 Å². The topological polar surface area (TPSA) is 137 Å². The summed E-state index contributed by atoms with van der Waals surface area (Å²) < 4.78 is 29.7. The number of hydrogen-bond donors (Lipinski definition) is 1. The summed E-state index contributed by atoms with van der Waals surface area (Å²) in [7, 11) is 1.83. The van der Waals surface area contributed by atoms with Crippen LogP contribution in [-0.2, 0) is 34.6 Å². The second kappa shape index (κ2) is 28.2. The van der Waals surface area contributed by atoms with E-state index in [0.717, 1.165) is 44.8 Å². The van der Waals surface area contributed by atoms with Gasteiger partial charge in [0.2, 0.25) is 5.91 Å². The molecule has 1 aromatic carbocycles. The average Bonchev–Trinajstić information content (AvgIpc) is 3.79. The number of alkyl halides is 2. The largest absolute Gasteiger partial charge is 0.466 e. The van der Waals surface area contributed by atoms with Gasteiger partial charge in [0.1, 0.15) is 25.9 Å². The number of benzene rings is 1. The first kappa shape index (κ1) is 50.8. The van der Waals surface area contributed by atoms with Gasteiger partial charge in [-0.3, -0.25) is 14.5 Å². The molecular formula is C38H64F2N4O6. The third-order valence-electron chi connectivity index (χ3n) is 8.44. The number of nitrogens with one attached hydrogen (secondary N) is 1. The lowest BCUT2D eigenvalue weighted by molar-refractivity contribution is -0.144. The van der Waals surface area contributed by atoms with Crippen LogP contribution in [0.25, 0.3) is 0 Å². The van der Waals surface area contributed by atoms with Crippen molar-refractivity contribution in [1.82, 2.24) is 15.1 Å². The molecule has 12 heteroatoms. The maximum absolute atomic E-state index is 12.8. The van der Waals surface area contributed by atoms with Crippen molar-refractivity contribution in [3.8, 4) is 6.07 Å². The monoisotopic (exact) mass is 710 g/mol. The van der Waals surface area contributed by atoms with Gasteiger partial charge in [0, 0.05) is 44.6 Å². The fourth-order valence-corrected chi connectivity index (χ4v) is 5.71. The van der Waals surface area contributed by atoms with Crippen molar-refractivity contribution in [2.75, 3.05) is 26.7 Å². The quantitative estimate of drug-likeness (QED) is 0.279. The summed E-state index contributed by atoms with van der Waals surface area (Å²) in [5.41, 5.74) is 0.835. The zero-order chi connectivity index (χ0) is 39.5. The molecule has 2 heterocycles. The van der Waals surface area contributed by atoms with E-state index in [0.29, 0.717) is 30.5 Å². The van der Waals surface area contributed by atoms with Gasteiger partial charge in [0.15, 0.2) is 0 Å². The molecule has 2 unspecified atom stereocenters. The lowest BCUT2D eigenvalue weighted by Gasteiger charge is -2.47. The van der Waals surface area contributed by atoms with E-state index in [1.54, 1.807) is 26.0 Å². The van der Waals surface area contributed by atoms with Gasteiger partial charge in [0.25, 0.3) is 5.92 Å². The van der Waals surface area contributed by atoms with E-state index in [9.17, 15) is 18.4 Å². The van der Waals surface area contributed by atoms with Crippen LogP contribution in [0, 0.1) is 24.2 Å².